The lowest BCUT2D eigenvalue weighted by atomic mass is 10.1. The van der Waals surface area contributed by atoms with Crippen LogP contribution in [0.5, 0.6) is 0 Å². The van der Waals surface area contributed by atoms with E-state index in [0.29, 0.717) is 0 Å². The third-order valence-electron chi connectivity index (χ3n) is 3.55. The van der Waals surface area contributed by atoms with Gasteiger partial charge in [-0.1, -0.05) is 6.07 Å². The van der Waals surface area contributed by atoms with Crippen LogP contribution in [0.25, 0.3) is 10.8 Å². The average molecular weight is 263 g/mol. The second-order valence-corrected chi connectivity index (χ2v) is 4.93. The molecule has 0 fully saturated rings. The number of hydrogen-bond acceptors (Lipinski definition) is 3. The van der Waals surface area contributed by atoms with Gasteiger partial charge in [0.2, 0.25) is 0 Å². The summed E-state index contributed by atoms with van der Waals surface area (Å²) in [5.41, 5.74) is 2.55. The first-order chi connectivity index (χ1) is 9.83. The summed E-state index contributed by atoms with van der Waals surface area (Å²) in [7, 11) is 2.13. The highest BCUT2D eigenvalue weighted by Gasteiger charge is 2.03. The van der Waals surface area contributed by atoms with E-state index < -0.39 is 0 Å². The predicted molar refractivity (Wildman–Crippen MR) is 83.0 cm³/mol. The molecular weight excluding hydrogens is 246 g/mol. The first-order valence-corrected chi connectivity index (χ1v) is 6.77. The Hall–Kier alpha value is -2.42. The van der Waals surface area contributed by atoms with Crippen LogP contribution in [0.4, 0.5) is 5.69 Å². The van der Waals surface area contributed by atoms with Gasteiger partial charge in [0.1, 0.15) is 0 Å². The Balaban J connectivity index is 1.73. The van der Waals surface area contributed by atoms with E-state index in [0.717, 1.165) is 13.0 Å². The van der Waals surface area contributed by atoms with E-state index in [1.807, 2.05) is 24.8 Å². The van der Waals surface area contributed by atoms with Gasteiger partial charge in [-0.2, -0.15) is 0 Å². The van der Waals surface area contributed by atoms with Gasteiger partial charge < -0.3 is 4.90 Å². The van der Waals surface area contributed by atoms with Crippen LogP contribution < -0.4 is 4.90 Å². The van der Waals surface area contributed by atoms with Gasteiger partial charge in [-0.05, 0) is 47.7 Å². The largest absolute Gasteiger partial charge is 0.374 e. The minimum atomic E-state index is 0.987. The van der Waals surface area contributed by atoms with Crippen molar-refractivity contribution in [3.8, 4) is 0 Å². The van der Waals surface area contributed by atoms with Gasteiger partial charge in [0, 0.05) is 49.5 Å². The number of rotatable bonds is 4. The van der Waals surface area contributed by atoms with Crippen LogP contribution in [-0.4, -0.2) is 23.6 Å². The van der Waals surface area contributed by atoms with Crippen LogP contribution in [0.2, 0.25) is 0 Å². The van der Waals surface area contributed by atoms with Crippen LogP contribution in [0.3, 0.4) is 0 Å². The van der Waals surface area contributed by atoms with Crippen molar-refractivity contribution >= 4 is 16.5 Å². The van der Waals surface area contributed by atoms with Gasteiger partial charge in [-0.25, -0.2) is 0 Å². The number of aromatic nitrogens is 2. The molecule has 0 unspecified atom stereocenters. The molecule has 3 aromatic rings. The Labute approximate surface area is 118 Å². The summed E-state index contributed by atoms with van der Waals surface area (Å²) in [4.78, 5) is 10.5. The fourth-order valence-electron chi connectivity index (χ4n) is 2.28. The maximum Gasteiger partial charge on any atom is 0.0370 e. The number of benzene rings is 1. The first-order valence-electron chi connectivity index (χ1n) is 6.77. The minimum absolute atomic E-state index is 0.987. The van der Waals surface area contributed by atoms with Crippen LogP contribution in [0.1, 0.15) is 5.56 Å². The van der Waals surface area contributed by atoms with E-state index in [-0.39, 0.29) is 0 Å². The Morgan fingerprint density at radius 2 is 1.70 bits per heavy atom. The lowest BCUT2D eigenvalue weighted by molar-refractivity contribution is 0.875. The van der Waals surface area contributed by atoms with Gasteiger partial charge in [0.05, 0.1) is 0 Å². The third kappa shape index (κ3) is 2.77. The Morgan fingerprint density at radius 3 is 2.55 bits per heavy atom. The molecule has 2 aromatic heterocycles. The molecule has 0 N–H and O–H groups in total. The molecular formula is C17H17N3. The summed E-state index contributed by atoms with van der Waals surface area (Å²) in [6.45, 7) is 0.987. The van der Waals surface area contributed by atoms with Crippen LogP contribution in [0.15, 0.2) is 61.2 Å². The van der Waals surface area contributed by atoms with Gasteiger partial charge in [0.25, 0.3) is 0 Å². The van der Waals surface area contributed by atoms with E-state index in [9.17, 15) is 0 Å². The van der Waals surface area contributed by atoms with Crippen molar-refractivity contribution in [2.24, 2.45) is 0 Å². The molecule has 2 heterocycles. The molecule has 0 aliphatic carbocycles. The van der Waals surface area contributed by atoms with E-state index in [1.54, 1.807) is 0 Å². The van der Waals surface area contributed by atoms with Crippen molar-refractivity contribution < 1.29 is 0 Å². The number of hydrogen-bond donors (Lipinski definition) is 0. The number of anilines is 1. The fourth-order valence-corrected chi connectivity index (χ4v) is 2.28. The summed E-state index contributed by atoms with van der Waals surface area (Å²) in [5, 5.41) is 2.41. The summed E-state index contributed by atoms with van der Waals surface area (Å²) in [5.74, 6) is 0. The molecule has 0 aliphatic rings. The maximum absolute atomic E-state index is 4.14. The minimum Gasteiger partial charge on any atom is -0.374 e. The van der Waals surface area contributed by atoms with Crippen molar-refractivity contribution in [3.63, 3.8) is 0 Å². The molecule has 0 saturated heterocycles. The zero-order valence-electron chi connectivity index (χ0n) is 11.5. The topological polar surface area (TPSA) is 29.0 Å². The van der Waals surface area contributed by atoms with Crippen LogP contribution >= 0.6 is 0 Å². The van der Waals surface area contributed by atoms with Crippen molar-refractivity contribution in [2.75, 3.05) is 18.5 Å². The van der Waals surface area contributed by atoms with Crippen LogP contribution in [0, 0.1) is 0 Å². The molecule has 0 atom stereocenters. The Morgan fingerprint density at radius 1 is 0.900 bits per heavy atom. The van der Waals surface area contributed by atoms with Gasteiger partial charge in [0.15, 0.2) is 0 Å². The van der Waals surface area contributed by atoms with Gasteiger partial charge >= 0.3 is 0 Å². The standard InChI is InChI=1S/C17H17N3/c1-20(11-7-14-4-8-18-9-5-14)17-3-2-16-13-19-10-6-15(16)12-17/h2-6,8-10,12-13H,7,11H2,1H3. The van der Waals surface area contributed by atoms with Crippen molar-refractivity contribution in [3.05, 3.63) is 66.7 Å². The molecule has 20 heavy (non-hydrogen) atoms. The second kappa shape index (κ2) is 5.70. The zero-order chi connectivity index (χ0) is 13.8. The van der Waals surface area contributed by atoms with Crippen molar-refractivity contribution in [2.45, 2.75) is 6.42 Å². The Bertz CT molecular complexity index is 695. The van der Waals surface area contributed by atoms with Gasteiger partial charge in [-0.15, -0.1) is 0 Å². The van der Waals surface area contributed by atoms with Crippen molar-refractivity contribution in [1.29, 1.82) is 0 Å². The molecule has 0 saturated carbocycles. The average Bonchev–Trinajstić information content (AvgIpc) is 2.53. The van der Waals surface area contributed by atoms with E-state index in [4.69, 9.17) is 0 Å². The van der Waals surface area contributed by atoms with E-state index in [2.05, 4.69) is 58.3 Å². The second-order valence-electron chi connectivity index (χ2n) is 4.93. The highest BCUT2D eigenvalue weighted by molar-refractivity contribution is 5.84. The van der Waals surface area contributed by atoms with Crippen LogP contribution in [-0.2, 0) is 6.42 Å². The molecule has 3 heteroatoms. The molecule has 100 valence electrons. The monoisotopic (exact) mass is 263 g/mol. The lowest BCUT2D eigenvalue weighted by Gasteiger charge is -2.19. The molecule has 0 spiro atoms. The summed E-state index contributed by atoms with van der Waals surface area (Å²) in [6, 6.07) is 12.7. The summed E-state index contributed by atoms with van der Waals surface area (Å²) < 4.78 is 0. The summed E-state index contributed by atoms with van der Waals surface area (Å²) in [6.07, 6.45) is 8.45. The maximum atomic E-state index is 4.14. The normalized spacial score (nSPS) is 10.7. The SMILES string of the molecule is CN(CCc1ccncc1)c1ccc2cnccc2c1. The number of fused-ring (bicyclic) bond motifs is 1. The van der Waals surface area contributed by atoms with E-state index in [1.165, 1.54) is 22.0 Å². The van der Waals surface area contributed by atoms with Crippen molar-refractivity contribution in [1.82, 2.24) is 9.97 Å². The Kier molecular flexibility index (Phi) is 3.59. The van der Waals surface area contributed by atoms with E-state index >= 15 is 0 Å². The predicted octanol–water partition coefficient (Wildman–Crippen LogP) is 3.31. The molecule has 0 radical (unpaired) electrons. The smallest absolute Gasteiger partial charge is 0.0370 e. The lowest BCUT2D eigenvalue weighted by Crippen LogP contribution is -2.20. The van der Waals surface area contributed by atoms with Gasteiger partial charge in [-0.3, -0.25) is 9.97 Å². The number of likely N-dealkylation sites (N-methyl/N-ethyl adjacent to an activating group) is 1. The highest BCUT2D eigenvalue weighted by Crippen LogP contribution is 2.20. The molecule has 1 aromatic carbocycles. The molecule has 0 bridgehead atoms. The fraction of sp³-hybridized carbons (Fsp3) is 0.176. The molecule has 3 rings (SSSR count). The third-order valence-corrected chi connectivity index (χ3v) is 3.55. The molecule has 0 amide bonds. The highest BCUT2D eigenvalue weighted by atomic mass is 15.1. The quantitative estimate of drug-likeness (QED) is 0.723. The number of pyridine rings is 2. The summed E-state index contributed by atoms with van der Waals surface area (Å²) >= 11 is 0. The number of nitrogens with zero attached hydrogens (tertiary/aromatic N) is 3. The molecule has 3 nitrogen and oxygen atoms in total. The molecule has 0 aliphatic heterocycles. The zero-order valence-corrected chi connectivity index (χ0v) is 11.5. The first kappa shape index (κ1) is 12.6.